The molecule has 6 rings (SSSR count). The monoisotopic (exact) mass is 565 g/mol. The van der Waals surface area contributed by atoms with Crippen molar-refractivity contribution >= 4 is 28.4 Å². The van der Waals surface area contributed by atoms with Crippen LogP contribution in [0.25, 0.3) is 11.0 Å². The summed E-state index contributed by atoms with van der Waals surface area (Å²) < 4.78 is 11.8. The fourth-order valence-corrected chi connectivity index (χ4v) is 6.78. The van der Waals surface area contributed by atoms with E-state index in [0.717, 1.165) is 5.56 Å². The lowest BCUT2D eigenvalue weighted by Gasteiger charge is -2.29. The molecule has 3 aromatic carbocycles. The van der Waals surface area contributed by atoms with Crippen LogP contribution in [0.4, 0.5) is 0 Å². The number of imidazole rings is 1. The Morgan fingerprint density at radius 2 is 1.55 bits per heavy atom. The van der Waals surface area contributed by atoms with Crippen molar-refractivity contribution in [1.82, 2.24) is 15.3 Å². The van der Waals surface area contributed by atoms with E-state index < -0.39 is 17.4 Å². The van der Waals surface area contributed by atoms with E-state index >= 15 is 0 Å². The maximum atomic E-state index is 14.7. The van der Waals surface area contributed by atoms with Crippen LogP contribution in [0.2, 0.25) is 0 Å². The van der Waals surface area contributed by atoms with Gasteiger partial charge in [-0.25, -0.2) is 4.98 Å². The molecule has 1 aromatic heterocycles. The third-order valence-electron chi connectivity index (χ3n) is 8.39. The van der Waals surface area contributed by atoms with E-state index in [1.807, 2.05) is 56.3 Å². The maximum absolute atomic E-state index is 14.7. The Kier molecular flexibility index (Phi) is 7.19. The molecule has 8 nitrogen and oxygen atoms in total. The SMILES string of the molecule is CCOc1ccc(C2C(CC(C)C)NC3(C(=O)c4ccccc4C3=O)C2C(=O)c2nc3ccccc3[nH]2)cc1OCC. The number of Topliss-reactive ketones (excluding diaryl/α,β-unsaturated/α-hetero) is 3. The van der Waals surface area contributed by atoms with Gasteiger partial charge in [0.1, 0.15) is 0 Å². The number of aromatic amines is 1. The van der Waals surface area contributed by atoms with Crippen molar-refractivity contribution in [3.8, 4) is 11.5 Å². The van der Waals surface area contributed by atoms with Crippen LogP contribution in [0.15, 0.2) is 66.7 Å². The van der Waals surface area contributed by atoms with Gasteiger partial charge in [-0.15, -0.1) is 0 Å². The summed E-state index contributed by atoms with van der Waals surface area (Å²) in [6, 6.07) is 19.5. The molecule has 0 amide bonds. The van der Waals surface area contributed by atoms with Crippen molar-refractivity contribution in [2.75, 3.05) is 13.2 Å². The molecule has 1 spiro atoms. The van der Waals surface area contributed by atoms with E-state index in [9.17, 15) is 14.4 Å². The minimum atomic E-state index is -1.76. The number of aromatic nitrogens is 2. The zero-order valence-corrected chi connectivity index (χ0v) is 24.3. The molecule has 3 atom stereocenters. The van der Waals surface area contributed by atoms with E-state index in [-0.39, 0.29) is 35.1 Å². The highest BCUT2D eigenvalue weighted by Crippen LogP contribution is 2.51. The first-order valence-corrected chi connectivity index (χ1v) is 14.6. The molecule has 216 valence electrons. The molecule has 0 saturated carbocycles. The van der Waals surface area contributed by atoms with Crippen LogP contribution in [0, 0.1) is 11.8 Å². The molecule has 1 aliphatic carbocycles. The zero-order chi connectivity index (χ0) is 29.6. The molecule has 1 saturated heterocycles. The second-order valence-electron chi connectivity index (χ2n) is 11.4. The number of ketones is 3. The summed E-state index contributed by atoms with van der Waals surface area (Å²) in [6.45, 7) is 8.89. The number of benzene rings is 3. The summed E-state index contributed by atoms with van der Waals surface area (Å²) >= 11 is 0. The molecule has 8 heteroatoms. The number of carbonyl (C=O) groups excluding carboxylic acids is 3. The quantitative estimate of drug-likeness (QED) is 0.196. The van der Waals surface area contributed by atoms with Crippen molar-refractivity contribution in [2.45, 2.75) is 51.6 Å². The van der Waals surface area contributed by atoms with Gasteiger partial charge in [0.25, 0.3) is 0 Å². The topological polar surface area (TPSA) is 110 Å². The smallest absolute Gasteiger partial charge is 0.204 e. The second kappa shape index (κ2) is 10.8. The first-order chi connectivity index (χ1) is 20.3. The van der Waals surface area contributed by atoms with Crippen LogP contribution in [-0.2, 0) is 0 Å². The lowest BCUT2D eigenvalue weighted by molar-refractivity contribution is 0.0652. The number of para-hydroxylation sites is 2. The average Bonchev–Trinajstić information content (AvgIpc) is 3.62. The summed E-state index contributed by atoms with van der Waals surface area (Å²) in [6.07, 6.45) is 0.643. The minimum Gasteiger partial charge on any atom is -0.490 e. The van der Waals surface area contributed by atoms with Gasteiger partial charge in [0.2, 0.25) is 5.78 Å². The summed E-state index contributed by atoms with van der Waals surface area (Å²) in [4.78, 5) is 51.2. The van der Waals surface area contributed by atoms with Crippen molar-refractivity contribution in [3.63, 3.8) is 0 Å². The predicted molar refractivity (Wildman–Crippen MR) is 160 cm³/mol. The zero-order valence-electron chi connectivity index (χ0n) is 24.3. The Morgan fingerprint density at radius 3 is 2.19 bits per heavy atom. The minimum absolute atomic E-state index is 0.130. The van der Waals surface area contributed by atoms with Crippen LogP contribution in [0.5, 0.6) is 11.5 Å². The predicted octanol–water partition coefficient (Wildman–Crippen LogP) is 5.78. The molecule has 3 unspecified atom stereocenters. The molecular formula is C34H35N3O5. The number of hydrogen-bond acceptors (Lipinski definition) is 7. The lowest BCUT2D eigenvalue weighted by Crippen LogP contribution is -2.58. The van der Waals surface area contributed by atoms with Crippen molar-refractivity contribution < 1.29 is 23.9 Å². The number of rotatable bonds is 9. The van der Waals surface area contributed by atoms with Crippen LogP contribution in [0.3, 0.4) is 0 Å². The van der Waals surface area contributed by atoms with Crippen LogP contribution in [-0.4, -0.2) is 52.1 Å². The van der Waals surface area contributed by atoms with Crippen LogP contribution >= 0.6 is 0 Å². The van der Waals surface area contributed by atoms with E-state index in [2.05, 4.69) is 29.1 Å². The van der Waals surface area contributed by atoms with Crippen molar-refractivity contribution in [2.24, 2.45) is 11.8 Å². The molecular weight excluding hydrogens is 530 g/mol. The highest BCUT2D eigenvalue weighted by molar-refractivity contribution is 6.35. The standard InChI is InChI=1S/C34H35N3O5/c1-5-41-26-16-15-20(18-27(26)42-6-2)28-25(17-19(3)4)37-34(31(39)21-11-7-8-12-22(21)32(34)40)29(28)30(38)33-35-23-13-9-10-14-24(23)36-33/h7-16,18-19,25,28-29,37H,5-6,17H2,1-4H3,(H,35,36). The summed E-state index contributed by atoms with van der Waals surface area (Å²) in [5, 5.41) is 3.48. The molecule has 2 heterocycles. The highest BCUT2D eigenvalue weighted by atomic mass is 16.5. The second-order valence-corrected chi connectivity index (χ2v) is 11.4. The first kappa shape index (κ1) is 27.8. The Morgan fingerprint density at radius 1 is 0.905 bits per heavy atom. The van der Waals surface area contributed by atoms with Gasteiger partial charge in [-0.3, -0.25) is 19.7 Å². The van der Waals surface area contributed by atoms with Gasteiger partial charge in [0.15, 0.2) is 34.4 Å². The number of hydrogen-bond donors (Lipinski definition) is 2. The van der Waals surface area contributed by atoms with Gasteiger partial charge in [-0.05, 0) is 56.0 Å². The third-order valence-corrected chi connectivity index (χ3v) is 8.39. The number of fused-ring (bicyclic) bond motifs is 2. The van der Waals surface area contributed by atoms with E-state index in [0.29, 0.717) is 53.3 Å². The van der Waals surface area contributed by atoms with Crippen molar-refractivity contribution in [3.05, 3.63) is 89.2 Å². The fraction of sp³-hybridized carbons (Fsp3) is 0.353. The van der Waals surface area contributed by atoms with Gasteiger partial charge in [-0.2, -0.15) is 0 Å². The number of nitrogens with zero attached hydrogens (tertiary/aromatic N) is 1. The normalized spacial score (nSPS) is 20.9. The van der Waals surface area contributed by atoms with E-state index in [1.165, 1.54) is 0 Å². The van der Waals surface area contributed by atoms with E-state index in [1.54, 1.807) is 24.3 Å². The molecule has 0 radical (unpaired) electrons. The molecule has 1 fully saturated rings. The Labute approximate surface area is 244 Å². The molecule has 1 aliphatic heterocycles. The summed E-state index contributed by atoms with van der Waals surface area (Å²) in [5.41, 5.74) is 1.06. The van der Waals surface area contributed by atoms with Crippen molar-refractivity contribution in [1.29, 1.82) is 0 Å². The van der Waals surface area contributed by atoms with Gasteiger partial charge in [0, 0.05) is 23.1 Å². The number of nitrogens with one attached hydrogen (secondary N) is 2. The Hall–Kier alpha value is -4.30. The Balaban J connectivity index is 1.57. The largest absolute Gasteiger partial charge is 0.490 e. The third kappa shape index (κ3) is 4.32. The number of H-pyrrole nitrogens is 1. The van der Waals surface area contributed by atoms with E-state index in [4.69, 9.17) is 9.47 Å². The van der Waals surface area contributed by atoms with Gasteiger partial charge in [-0.1, -0.05) is 56.3 Å². The Bertz CT molecular complexity index is 1620. The van der Waals surface area contributed by atoms with Crippen LogP contribution in [0.1, 0.15) is 76.9 Å². The fourth-order valence-electron chi connectivity index (χ4n) is 6.78. The summed E-state index contributed by atoms with van der Waals surface area (Å²) in [5.74, 6) is -1.18. The first-order valence-electron chi connectivity index (χ1n) is 14.6. The molecule has 0 bridgehead atoms. The molecule has 2 N–H and O–H groups in total. The molecule has 4 aromatic rings. The van der Waals surface area contributed by atoms with Gasteiger partial charge < -0.3 is 14.5 Å². The maximum Gasteiger partial charge on any atom is 0.204 e. The number of ether oxygens (including phenoxy) is 2. The summed E-state index contributed by atoms with van der Waals surface area (Å²) in [7, 11) is 0. The lowest BCUT2D eigenvalue weighted by atomic mass is 9.70. The van der Waals surface area contributed by atoms with Gasteiger partial charge >= 0.3 is 0 Å². The molecule has 2 aliphatic rings. The van der Waals surface area contributed by atoms with Crippen LogP contribution < -0.4 is 14.8 Å². The van der Waals surface area contributed by atoms with Gasteiger partial charge in [0.05, 0.1) is 30.2 Å². The average molecular weight is 566 g/mol. The highest BCUT2D eigenvalue weighted by Gasteiger charge is 2.67. The molecule has 42 heavy (non-hydrogen) atoms. The number of carbonyl (C=O) groups is 3.